The Balaban J connectivity index is 1.79. The maximum atomic E-state index is 12.5. The highest BCUT2D eigenvalue weighted by atomic mass is 16.5. The molecule has 0 aromatic carbocycles. The molecule has 1 aliphatic heterocycles. The summed E-state index contributed by atoms with van der Waals surface area (Å²) < 4.78 is 5.53. The van der Waals surface area contributed by atoms with Gasteiger partial charge in [0.25, 0.3) is 0 Å². The molecular formula is C16H20N2O2. The molecule has 4 heteroatoms. The average Bonchev–Trinajstić information content (AvgIpc) is 2.47. The van der Waals surface area contributed by atoms with Crippen LogP contribution < -0.4 is 9.64 Å². The van der Waals surface area contributed by atoms with Gasteiger partial charge in [-0.15, -0.1) is 0 Å². The van der Waals surface area contributed by atoms with Crippen LogP contribution in [0.4, 0.5) is 5.69 Å². The monoisotopic (exact) mass is 272 g/mol. The lowest BCUT2D eigenvalue weighted by atomic mass is 9.96. The summed E-state index contributed by atoms with van der Waals surface area (Å²) in [6.07, 6.45) is 9.18. The molecule has 3 rings (SSSR count). The number of aryl methyl sites for hydroxylation is 1. The van der Waals surface area contributed by atoms with Crippen LogP contribution in [-0.4, -0.2) is 24.0 Å². The molecule has 0 saturated heterocycles. The van der Waals surface area contributed by atoms with Crippen molar-refractivity contribution in [1.82, 2.24) is 4.98 Å². The van der Waals surface area contributed by atoms with Crippen molar-refractivity contribution in [3.8, 4) is 5.88 Å². The van der Waals surface area contributed by atoms with Gasteiger partial charge in [-0.1, -0.05) is 11.6 Å². The van der Waals surface area contributed by atoms with Gasteiger partial charge in [0, 0.05) is 12.6 Å². The van der Waals surface area contributed by atoms with Crippen LogP contribution in [0, 0.1) is 6.92 Å². The van der Waals surface area contributed by atoms with Crippen LogP contribution in [-0.2, 0) is 4.79 Å². The van der Waals surface area contributed by atoms with Crippen molar-refractivity contribution in [3.63, 3.8) is 0 Å². The Labute approximate surface area is 119 Å². The Bertz CT molecular complexity index is 551. The third-order valence-corrected chi connectivity index (χ3v) is 3.88. The van der Waals surface area contributed by atoms with Crippen molar-refractivity contribution in [2.45, 2.75) is 39.0 Å². The molecule has 1 amide bonds. The zero-order chi connectivity index (χ0) is 13.9. The SMILES string of the molecule is Cc1cnc2c(c1)N(C(=O)CC1=CCCCC1)CCO2. The fourth-order valence-electron chi connectivity index (χ4n) is 2.81. The standard InChI is InChI=1S/C16H20N2O2/c1-12-9-14-16(17-11-12)20-8-7-18(14)15(19)10-13-5-3-2-4-6-13/h5,9,11H,2-4,6-8,10H2,1H3. The maximum absolute atomic E-state index is 12.5. The van der Waals surface area contributed by atoms with Gasteiger partial charge < -0.3 is 9.64 Å². The number of carbonyl (C=O) groups excluding carboxylic acids is 1. The van der Waals surface area contributed by atoms with E-state index in [1.165, 1.54) is 18.4 Å². The van der Waals surface area contributed by atoms with Gasteiger partial charge in [-0.05, 0) is 44.2 Å². The molecule has 106 valence electrons. The van der Waals surface area contributed by atoms with E-state index < -0.39 is 0 Å². The summed E-state index contributed by atoms with van der Waals surface area (Å²) in [6.45, 7) is 3.12. The molecule has 0 spiro atoms. The first kappa shape index (κ1) is 13.2. The third-order valence-electron chi connectivity index (χ3n) is 3.88. The zero-order valence-corrected chi connectivity index (χ0v) is 11.9. The molecule has 1 aromatic rings. The number of hydrogen-bond donors (Lipinski definition) is 0. The van der Waals surface area contributed by atoms with Gasteiger partial charge in [-0.25, -0.2) is 4.98 Å². The normalized spacial score (nSPS) is 18.1. The van der Waals surface area contributed by atoms with Crippen LogP contribution in [0.2, 0.25) is 0 Å². The summed E-state index contributed by atoms with van der Waals surface area (Å²) in [5.74, 6) is 0.739. The van der Waals surface area contributed by atoms with E-state index in [2.05, 4.69) is 11.1 Å². The van der Waals surface area contributed by atoms with Gasteiger partial charge in [-0.2, -0.15) is 0 Å². The maximum Gasteiger partial charge on any atom is 0.238 e. The number of hydrogen-bond acceptors (Lipinski definition) is 3. The summed E-state index contributed by atoms with van der Waals surface area (Å²) in [6, 6.07) is 1.98. The smallest absolute Gasteiger partial charge is 0.238 e. The molecule has 0 saturated carbocycles. The van der Waals surface area contributed by atoms with Crippen molar-refractivity contribution in [1.29, 1.82) is 0 Å². The van der Waals surface area contributed by atoms with Gasteiger partial charge in [0.2, 0.25) is 11.8 Å². The van der Waals surface area contributed by atoms with Crippen molar-refractivity contribution in [3.05, 3.63) is 29.5 Å². The number of allylic oxidation sites excluding steroid dienone is 1. The van der Waals surface area contributed by atoms with Gasteiger partial charge in [-0.3, -0.25) is 4.79 Å². The summed E-state index contributed by atoms with van der Waals surface area (Å²) in [5.41, 5.74) is 3.15. The van der Waals surface area contributed by atoms with Crippen LogP contribution in [0.25, 0.3) is 0 Å². The summed E-state index contributed by atoms with van der Waals surface area (Å²) in [4.78, 5) is 18.6. The van der Waals surface area contributed by atoms with E-state index in [0.717, 1.165) is 24.1 Å². The van der Waals surface area contributed by atoms with E-state index in [0.29, 0.717) is 25.5 Å². The average molecular weight is 272 g/mol. The number of anilines is 1. The first-order valence-corrected chi connectivity index (χ1v) is 7.32. The third kappa shape index (κ3) is 2.69. The molecule has 0 unspecified atom stereocenters. The first-order valence-electron chi connectivity index (χ1n) is 7.32. The van der Waals surface area contributed by atoms with E-state index in [4.69, 9.17) is 4.74 Å². The quantitative estimate of drug-likeness (QED) is 0.777. The van der Waals surface area contributed by atoms with Crippen molar-refractivity contribution in [2.24, 2.45) is 0 Å². The molecule has 0 radical (unpaired) electrons. The highest BCUT2D eigenvalue weighted by Crippen LogP contribution is 2.31. The number of nitrogens with zero attached hydrogens (tertiary/aromatic N) is 2. The Morgan fingerprint density at radius 3 is 3.15 bits per heavy atom. The second-order valence-electron chi connectivity index (χ2n) is 5.52. The highest BCUT2D eigenvalue weighted by molar-refractivity contribution is 5.96. The molecule has 0 atom stereocenters. The molecule has 4 nitrogen and oxygen atoms in total. The van der Waals surface area contributed by atoms with Crippen molar-refractivity contribution < 1.29 is 9.53 Å². The van der Waals surface area contributed by atoms with Gasteiger partial charge in [0.05, 0.1) is 6.54 Å². The first-order chi connectivity index (χ1) is 9.74. The van der Waals surface area contributed by atoms with Crippen LogP contribution in [0.5, 0.6) is 5.88 Å². The lowest BCUT2D eigenvalue weighted by Gasteiger charge is -2.29. The van der Waals surface area contributed by atoms with Crippen molar-refractivity contribution >= 4 is 11.6 Å². The van der Waals surface area contributed by atoms with Crippen molar-refractivity contribution in [2.75, 3.05) is 18.1 Å². The number of fused-ring (bicyclic) bond motifs is 1. The second kappa shape index (κ2) is 5.65. The Kier molecular flexibility index (Phi) is 3.72. The number of aromatic nitrogens is 1. The summed E-state index contributed by atoms with van der Waals surface area (Å²) >= 11 is 0. The topological polar surface area (TPSA) is 42.4 Å². The van der Waals surface area contributed by atoms with E-state index in [1.807, 2.05) is 17.9 Å². The molecule has 1 aliphatic carbocycles. The fourth-order valence-corrected chi connectivity index (χ4v) is 2.81. The number of pyridine rings is 1. The largest absolute Gasteiger partial charge is 0.474 e. The minimum Gasteiger partial charge on any atom is -0.474 e. The molecule has 0 fully saturated rings. The minimum absolute atomic E-state index is 0.162. The molecule has 0 N–H and O–H groups in total. The van der Waals surface area contributed by atoms with Crippen LogP contribution in [0.3, 0.4) is 0 Å². The number of ether oxygens (including phenoxy) is 1. The Morgan fingerprint density at radius 2 is 2.35 bits per heavy atom. The van der Waals surface area contributed by atoms with Gasteiger partial charge in [0.15, 0.2) is 0 Å². The van der Waals surface area contributed by atoms with Crippen LogP contribution >= 0.6 is 0 Å². The highest BCUT2D eigenvalue weighted by Gasteiger charge is 2.25. The number of rotatable bonds is 2. The van der Waals surface area contributed by atoms with E-state index >= 15 is 0 Å². The molecule has 2 heterocycles. The molecule has 1 aromatic heterocycles. The Hall–Kier alpha value is -1.84. The lowest BCUT2D eigenvalue weighted by Crippen LogP contribution is -2.38. The lowest BCUT2D eigenvalue weighted by molar-refractivity contribution is -0.118. The van der Waals surface area contributed by atoms with Crippen LogP contribution in [0.1, 0.15) is 37.7 Å². The van der Waals surface area contributed by atoms with E-state index in [-0.39, 0.29) is 5.91 Å². The van der Waals surface area contributed by atoms with E-state index in [9.17, 15) is 4.79 Å². The summed E-state index contributed by atoms with van der Waals surface area (Å²) in [5, 5.41) is 0. The fraction of sp³-hybridized carbons (Fsp3) is 0.500. The zero-order valence-electron chi connectivity index (χ0n) is 11.9. The molecule has 20 heavy (non-hydrogen) atoms. The van der Waals surface area contributed by atoms with Gasteiger partial charge in [0.1, 0.15) is 12.3 Å². The van der Waals surface area contributed by atoms with E-state index in [1.54, 1.807) is 6.20 Å². The second-order valence-corrected chi connectivity index (χ2v) is 5.52. The predicted octanol–water partition coefficient (Wildman–Crippen LogP) is 3.01. The molecular weight excluding hydrogens is 252 g/mol. The molecule has 2 aliphatic rings. The predicted molar refractivity (Wildman–Crippen MR) is 78.0 cm³/mol. The number of carbonyl (C=O) groups is 1. The minimum atomic E-state index is 0.162. The molecule has 0 bridgehead atoms. The number of amides is 1. The summed E-state index contributed by atoms with van der Waals surface area (Å²) in [7, 11) is 0. The Morgan fingerprint density at radius 1 is 1.45 bits per heavy atom. The van der Waals surface area contributed by atoms with Gasteiger partial charge >= 0.3 is 0 Å². The van der Waals surface area contributed by atoms with Crippen LogP contribution in [0.15, 0.2) is 23.9 Å².